The molecule has 18 heavy (non-hydrogen) atoms. The van der Waals surface area contributed by atoms with E-state index in [1.807, 2.05) is 7.05 Å². The summed E-state index contributed by atoms with van der Waals surface area (Å²) in [5.41, 5.74) is 0. The first-order valence-electron chi connectivity index (χ1n) is 8.40. The molecule has 0 heterocycles. The van der Waals surface area contributed by atoms with Crippen LogP contribution in [-0.4, -0.2) is 7.05 Å². The molecule has 0 bridgehead atoms. The van der Waals surface area contributed by atoms with E-state index in [1.54, 1.807) is 0 Å². The SMILES string of the molecule is CCCCCCCCCCCCCCC[CH]NC. The van der Waals surface area contributed by atoms with Crippen molar-refractivity contribution in [1.82, 2.24) is 5.32 Å². The van der Waals surface area contributed by atoms with Crippen LogP contribution in [0.15, 0.2) is 0 Å². The molecule has 0 aromatic carbocycles. The van der Waals surface area contributed by atoms with Crippen LogP contribution in [0.5, 0.6) is 0 Å². The number of rotatable bonds is 15. The quantitative estimate of drug-likeness (QED) is 0.361. The van der Waals surface area contributed by atoms with Crippen LogP contribution in [0.4, 0.5) is 0 Å². The molecular weight excluding hydrogens is 218 g/mol. The average Bonchev–Trinajstić information content (AvgIpc) is 2.39. The minimum Gasteiger partial charge on any atom is -0.315 e. The van der Waals surface area contributed by atoms with Crippen LogP contribution >= 0.6 is 0 Å². The smallest absolute Gasteiger partial charge is 0.0218 e. The van der Waals surface area contributed by atoms with Crippen LogP contribution in [0.1, 0.15) is 96.8 Å². The average molecular weight is 254 g/mol. The van der Waals surface area contributed by atoms with Crippen LogP contribution in [0.2, 0.25) is 0 Å². The molecule has 0 rings (SSSR count). The Morgan fingerprint density at radius 2 is 1.00 bits per heavy atom. The van der Waals surface area contributed by atoms with Gasteiger partial charge in [0, 0.05) is 6.54 Å². The van der Waals surface area contributed by atoms with Crippen LogP contribution in [0, 0.1) is 6.54 Å². The summed E-state index contributed by atoms with van der Waals surface area (Å²) in [5, 5.41) is 3.09. The topological polar surface area (TPSA) is 12.0 Å². The Bertz CT molecular complexity index is 118. The molecule has 1 N–H and O–H groups in total. The predicted octanol–water partition coefficient (Wildman–Crippen LogP) is 5.85. The molecule has 0 spiro atoms. The third-order valence-corrected chi connectivity index (χ3v) is 3.66. The van der Waals surface area contributed by atoms with Gasteiger partial charge in [-0.2, -0.15) is 0 Å². The molecule has 0 atom stereocenters. The molecule has 0 aromatic rings. The lowest BCUT2D eigenvalue weighted by Gasteiger charge is -2.03. The minimum absolute atomic E-state index is 1.23. The highest BCUT2D eigenvalue weighted by Gasteiger charge is 1.93. The molecule has 109 valence electrons. The fourth-order valence-electron chi connectivity index (χ4n) is 2.41. The largest absolute Gasteiger partial charge is 0.315 e. The van der Waals surface area contributed by atoms with Crippen molar-refractivity contribution >= 4 is 0 Å². The van der Waals surface area contributed by atoms with Gasteiger partial charge in [0.1, 0.15) is 0 Å². The van der Waals surface area contributed by atoms with Crippen LogP contribution < -0.4 is 5.32 Å². The van der Waals surface area contributed by atoms with E-state index in [-0.39, 0.29) is 0 Å². The van der Waals surface area contributed by atoms with Gasteiger partial charge in [0.05, 0.1) is 0 Å². The molecule has 0 fully saturated rings. The third kappa shape index (κ3) is 16.0. The predicted molar refractivity (Wildman–Crippen MR) is 83.7 cm³/mol. The Hall–Kier alpha value is -0.0400. The van der Waals surface area contributed by atoms with Gasteiger partial charge in [0.25, 0.3) is 0 Å². The third-order valence-electron chi connectivity index (χ3n) is 3.66. The Kier molecular flexibility index (Phi) is 16.9. The molecule has 0 aliphatic carbocycles. The molecule has 1 nitrogen and oxygen atoms in total. The summed E-state index contributed by atoms with van der Waals surface area (Å²) in [6, 6.07) is 0. The van der Waals surface area contributed by atoms with Gasteiger partial charge in [-0.05, 0) is 13.5 Å². The second-order valence-electron chi connectivity index (χ2n) is 5.52. The van der Waals surface area contributed by atoms with Gasteiger partial charge in [0.15, 0.2) is 0 Å². The van der Waals surface area contributed by atoms with Crippen LogP contribution in [0.3, 0.4) is 0 Å². The fraction of sp³-hybridized carbons (Fsp3) is 0.941. The summed E-state index contributed by atoms with van der Waals surface area (Å²) in [6.45, 7) is 4.45. The maximum atomic E-state index is 3.09. The Morgan fingerprint density at radius 1 is 0.611 bits per heavy atom. The maximum absolute atomic E-state index is 3.09. The zero-order chi connectivity index (χ0) is 13.3. The molecule has 0 aliphatic rings. The molecule has 0 amide bonds. The fourth-order valence-corrected chi connectivity index (χ4v) is 2.41. The zero-order valence-electron chi connectivity index (χ0n) is 13.0. The van der Waals surface area contributed by atoms with Crippen molar-refractivity contribution in [1.29, 1.82) is 0 Å². The summed E-state index contributed by atoms with van der Waals surface area (Å²) < 4.78 is 0. The number of hydrogen-bond donors (Lipinski definition) is 1. The highest BCUT2D eigenvalue weighted by atomic mass is 14.8. The normalized spacial score (nSPS) is 11.0. The second-order valence-corrected chi connectivity index (χ2v) is 5.52. The first-order chi connectivity index (χ1) is 8.91. The van der Waals surface area contributed by atoms with E-state index in [2.05, 4.69) is 18.8 Å². The molecule has 0 unspecified atom stereocenters. The number of nitrogens with one attached hydrogen (secondary N) is 1. The van der Waals surface area contributed by atoms with Gasteiger partial charge in [-0.25, -0.2) is 0 Å². The van der Waals surface area contributed by atoms with Gasteiger partial charge in [-0.1, -0.05) is 90.4 Å². The van der Waals surface area contributed by atoms with Gasteiger partial charge in [0.2, 0.25) is 0 Å². The lowest BCUT2D eigenvalue weighted by atomic mass is 10.0. The van der Waals surface area contributed by atoms with Crippen LogP contribution in [-0.2, 0) is 0 Å². The molecule has 1 heteroatoms. The Labute approximate surface area is 116 Å². The first-order valence-corrected chi connectivity index (χ1v) is 8.40. The molecule has 0 aromatic heterocycles. The summed E-state index contributed by atoms with van der Waals surface area (Å²) in [7, 11) is 1.99. The van der Waals surface area contributed by atoms with Crippen molar-refractivity contribution < 1.29 is 0 Å². The van der Waals surface area contributed by atoms with Crippen LogP contribution in [0.25, 0.3) is 0 Å². The minimum atomic E-state index is 1.23. The van der Waals surface area contributed by atoms with Crippen molar-refractivity contribution in [2.24, 2.45) is 0 Å². The summed E-state index contributed by atoms with van der Waals surface area (Å²) >= 11 is 0. The van der Waals surface area contributed by atoms with Gasteiger partial charge < -0.3 is 5.32 Å². The summed E-state index contributed by atoms with van der Waals surface area (Å²) in [6.07, 6.45) is 20.0. The molecule has 0 aliphatic heterocycles. The second kappa shape index (κ2) is 17.0. The zero-order valence-corrected chi connectivity index (χ0v) is 13.0. The van der Waals surface area contributed by atoms with E-state index in [1.165, 1.54) is 89.9 Å². The molecule has 0 saturated heterocycles. The first kappa shape index (κ1) is 18.0. The Balaban J connectivity index is 2.86. The van der Waals surface area contributed by atoms with Gasteiger partial charge in [-0.15, -0.1) is 0 Å². The van der Waals surface area contributed by atoms with Gasteiger partial charge >= 0.3 is 0 Å². The summed E-state index contributed by atoms with van der Waals surface area (Å²) in [4.78, 5) is 0. The standard InChI is InChI=1S/C17H36N/c1-3-4-5-6-7-8-9-10-11-12-13-14-15-16-17-18-2/h17-18H,3-16H2,1-2H3. The molecule has 1 radical (unpaired) electrons. The molecular formula is C17H36N. The maximum Gasteiger partial charge on any atom is 0.0218 e. The molecule has 0 saturated carbocycles. The number of hydrogen-bond acceptors (Lipinski definition) is 1. The van der Waals surface area contributed by atoms with Gasteiger partial charge in [-0.3, -0.25) is 0 Å². The summed E-state index contributed by atoms with van der Waals surface area (Å²) in [5.74, 6) is 0. The van der Waals surface area contributed by atoms with E-state index >= 15 is 0 Å². The number of unbranched alkanes of at least 4 members (excludes halogenated alkanes) is 13. The van der Waals surface area contributed by atoms with E-state index in [0.29, 0.717) is 0 Å². The van der Waals surface area contributed by atoms with E-state index in [4.69, 9.17) is 0 Å². The van der Waals surface area contributed by atoms with Crippen molar-refractivity contribution in [3.05, 3.63) is 6.54 Å². The van der Waals surface area contributed by atoms with E-state index < -0.39 is 0 Å². The monoisotopic (exact) mass is 254 g/mol. The van der Waals surface area contributed by atoms with Crippen molar-refractivity contribution in [2.75, 3.05) is 7.05 Å². The van der Waals surface area contributed by atoms with Crippen molar-refractivity contribution in [3.63, 3.8) is 0 Å². The highest BCUT2D eigenvalue weighted by molar-refractivity contribution is 4.57. The lowest BCUT2D eigenvalue weighted by molar-refractivity contribution is 0.538. The van der Waals surface area contributed by atoms with Crippen molar-refractivity contribution in [3.8, 4) is 0 Å². The van der Waals surface area contributed by atoms with E-state index in [0.717, 1.165) is 0 Å². The Morgan fingerprint density at radius 3 is 1.39 bits per heavy atom. The van der Waals surface area contributed by atoms with Crippen molar-refractivity contribution in [2.45, 2.75) is 96.8 Å². The lowest BCUT2D eigenvalue weighted by Crippen LogP contribution is -1.99. The highest BCUT2D eigenvalue weighted by Crippen LogP contribution is 2.12. The van der Waals surface area contributed by atoms with E-state index in [9.17, 15) is 0 Å².